The lowest BCUT2D eigenvalue weighted by Crippen LogP contribution is -1.94. The van der Waals surface area contributed by atoms with Crippen molar-refractivity contribution in [3.05, 3.63) is 93.7 Å². The van der Waals surface area contributed by atoms with Gasteiger partial charge in [0.2, 0.25) is 0 Å². The molecule has 0 spiro atoms. The second-order valence-electron chi connectivity index (χ2n) is 5.76. The highest BCUT2D eigenvalue weighted by atomic mass is 16.6. The van der Waals surface area contributed by atoms with E-state index < -0.39 is 4.92 Å². The minimum absolute atomic E-state index is 0.00157. The number of allylic oxidation sites excluding steroid dienone is 1. The van der Waals surface area contributed by atoms with Gasteiger partial charge in [0.05, 0.1) is 4.92 Å². The van der Waals surface area contributed by atoms with Crippen LogP contribution in [0.3, 0.4) is 0 Å². The molecule has 130 valence electrons. The maximum Gasteiger partial charge on any atom is 0.270 e. The lowest BCUT2D eigenvalue weighted by Gasteiger charge is -1.98. The Labute approximate surface area is 150 Å². The summed E-state index contributed by atoms with van der Waals surface area (Å²) < 4.78 is 5.67. The third kappa shape index (κ3) is 3.95. The number of non-ortho nitro benzene ring substituents is 1. The fraction of sp³-hybridized carbons (Fsp3) is 0.0952. The van der Waals surface area contributed by atoms with Crippen molar-refractivity contribution in [1.82, 2.24) is 0 Å². The number of nitrogens with zero attached hydrogens (tertiary/aromatic N) is 1. The molecule has 0 saturated carbocycles. The van der Waals surface area contributed by atoms with Crippen molar-refractivity contribution < 1.29 is 14.1 Å². The van der Waals surface area contributed by atoms with Crippen LogP contribution in [0.5, 0.6) is 0 Å². The summed E-state index contributed by atoms with van der Waals surface area (Å²) in [7, 11) is 0. The number of nitro benzene ring substituents is 1. The van der Waals surface area contributed by atoms with Gasteiger partial charge in [-0.15, -0.1) is 0 Å². The lowest BCUT2D eigenvalue weighted by atomic mass is 10.1. The van der Waals surface area contributed by atoms with Gasteiger partial charge in [0.25, 0.3) is 5.69 Å². The first kappa shape index (κ1) is 17.4. The van der Waals surface area contributed by atoms with Crippen molar-refractivity contribution >= 4 is 17.5 Å². The van der Waals surface area contributed by atoms with Gasteiger partial charge in [-0.2, -0.15) is 0 Å². The molecule has 5 heteroatoms. The molecule has 0 amide bonds. The number of nitro groups is 1. The van der Waals surface area contributed by atoms with Gasteiger partial charge in [-0.1, -0.05) is 43.3 Å². The Hall–Kier alpha value is -3.47. The molecule has 0 aliphatic rings. The summed E-state index contributed by atoms with van der Waals surface area (Å²) >= 11 is 0. The summed E-state index contributed by atoms with van der Waals surface area (Å²) in [5.41, 5.74) is 2.41. The number of furan rings is 1. The van der Waals surface area contributed by atoms with Gasteiger partial charge in [0, 0.05) is 23.3 Å². The number of ketones is 1. The van der Waals surface area contributed by atoms with Gasteiger partial charge in [-0.05, 0) is 36.3 Å². The lowest BCUT2D eigenvalue weighted by molar-refractivity contribution is -0.384. The Morgan fingerprint density at radius 3 is 2.58 bits per heavy atom. The van der Waals surface area contributed by atoms with Gasteiger partial charge in [-0.3, -0.25) is 14.9 Å². The molecule has 0 atom stereocenters. The van der Waals surface area contributed by atoms with E-state index in [-0.39, 0.29) is 11.5 Å². The number of carbonyl (C=O) groups excluding carboxylic acids is 1. The molecule has 3 rings (SSSR count). The molecule has 5 nitrogen and oxygen atoms in total. The van der Waals surface area contributed by atoms with E-state index in [2.05, 4.69) is 6.92 Å². The van der Waals surface area contributed by atoms with Crippen LogP contribution in [0.2, 0.25) is 0 Å². The number of carbonyl (C=O) groups is 1. The van der Waals surface area contributed by atoms with E-state index in [0.717, 1.165) is 6.42 Å². The largest absolute Gasteiger partial charge is 0.457 e. The summed E-state index contributed by atoms with van der Waals surface area (Å²) in [5, 5.41) is 10.9. The minimum Gasteiger partial charge on any atom is -0.457 e. The molecule has 3 aromatic rings. The Balaban J connectivity index is 1.75. The van der Waals surface area contributed by atoms with Gasteiger partial charge >= 0.3 is 0 Å². The van der Waals surface area contributed by atoms with E-state index in [1.165, 1.54) is 23.8 Å². The highest BCUT2D eigenvalue weighted by Crippen LogP contribution is 2.26. The molecule has 0 saturated heterocycles. The zero-order valence-corrected chi connectivity index (χ0v) is 14.2. The van der Waals surface area contributed by atoms with Crippen LogP contribution in [-0.4, -0.2) is 10.7 Å². The molecule has 0 aliphatic heterocycles. The van der Waals surface area contributed by atoms with Crippen molar-refractivity contribution in [3.8, 4) is 11.3 Å². The number of hydrogen-bond donors (Lipinski definition) is 0. The van der Waals surface area contributed by atoms with Gasteiger partial charge in [0.1, 0.15) is 11.5 Å². The maximum absolute atomic E-state index is 12.2. The second kappa shape index (κ2) is 7.61. The predicted octanol–water partition coefficient (Wildman–Crippen LogP) is 5.31. The summed E-state index contributed by atoms with van der Waals surface area (Å²) in [4.78, 5) is 22.6. The average Bonchev–Trinajstić information content (AvgIpc) is 3.15. The molecule has 26 heavy (non-hydrogen) atoms. The van der Waals surface area contributed by atoms with Crippen molar-refractivity contribution in [1.29, 1.82) is 0 Å². The van der Waals surface area contributed by atoms with Crippen LogP contribution in [0.25, 0.3) is 17.4 Å². The third-order valence-electron chi connectivity index (χ3n) is 4.01. The molecule has 0 fully saturated rings. The number of benzene rings is 2. The van der Waals surface area contributed by atoms with Crippen LogP contribution >= 0.6 is 0 Å². The second-order valence-corrected chi connectivity index (χ2v) is 5.76. The van der Waals surface area contributed by atoms with Crippen LogP contribution < -0.4 is 0 Å². The van der Waals surface area contributed by atoms with Gasteiger partial charge in [0.15, 0.2) is 5.78 Å². The molecule has 0 N–H and O–H groups in total. The first-order valence-electron chi connectivity index (χ1n) is 8.23. The summed E-state index contributed by atoms with van der Waals surface area (Å²) in [6.45, 7) is 2.06. The molecular weight excluding hydrogens is 330 g/mol. The van der Waals surface area contributed by atoms with E-state index in [0.29, 0.717) is 22.6 Å². The van der Waals surface area contributed by atoms with Crippen molar-refractivity contribution in [2.45, 2.75) is 13.3 Å². The summed E-state index contributed by atoms with van der Waals surface area (Å²) in [6.07, 6.45) is 3.98. The standard InChI is InChI=1S/C21H17NO4/c1-2-15-6-8-16(9-7-15)20(23)12-10-19-11-13-21(26-19)17-4-3-5-18(14-17)22(24)25/h3-14H,2H2,1H3. The molecule has 2 aromatic carbocycles. The molecule has 0 radical (unpaired) electrons. The molecule has 0 unspecified atom stereocenters. The average molecular weight is 347 g/mol. The summed E-state index contributed by atoms with van der Waals surface area (Å²) in [5.74, 6) is 0.902. The van der Waals surface area contributed by atoms with Crippen LogP contribution in [0.4, 0.5) is 5.69 Å². The van der Waals surface area contributed by atoms with Crippen molar-refractivity contribution in [2.75, 3.05) is 0 Å². The molecular formula is C21H17NO4. The fourth-order valence-electron chi connectivity index (χ4n) is 2.53. The topological polar surface area (TPSA) is 73.3 Å². The maximum atomic E-state index is 12.2. The Kier molecular flexibility index (Phi) is 5.08. The van der Waals surface area contributed by atoms with E-state index in [1.54, 1.807) is 30.3 Å². The number of hydrogen-bond acceptors (Lipinski definition) is 4. The highest BCUT2D eigenvalue weighted by Gasteiger charge is 2.10. The van der Waals surface area contributed by atoms with Gasteiger partial charge in [-0.25, -0.2) is 0 Å². The number of aryl methyl sites for hydroxylation is 1. The minimum atomic E-state index is -0.449. The zero-order valence-electron chi connectivity index (χ0n) is 14.2. The van der Waals surface area contributed by atoms with E-state index >= 15 is 0 Å². The first-order valence-corrected chi connectivity index (χ1v) is 8.23. The smallest absolute Gasteiger partial charge is 0.270 e. The molecule has 1 heterocycles. The monoisotopic (exact) mass is 347 g/mol. The summed E-state index contributed by atoms with van der Waals surface area (Å²) in [6, 6.07) is 17.2. The first-order chi connectivity index (χ1) is 12.6. The van der Waals surface area contributed by atoms with E-state index in [4.69, 9.17) is 4.42 Å². The SMILES string of the molecule is CCc1ccc(C(=O)C=Cc2ccc(-c3cccc([N+](=O)[O-])c3)o2)cc1. The predicted molar refractivity (Wildman–Crippen MR) is 100.0 cm³/mol. The van der Waals surface area contributed by atoms with Gasteiger partial charge < -0.3 is 4.42 Å². The van der Waals surface area contributed by atoms with Crippen LogP contribution in [0.1, 0.15) is 28.6 Å². The Bertz CT molecular complexity index is 968. The van der Waals surface area contributed by atoms with Crippen molar-refractivity contribution in [2.24, 2.45) is 0 Å². The van der Waals surface area contributed by atoms with E-state index in [1.807, 2.05) is 24.3 Å². The fourth-order valence-corrected chi connectivity index (χ4v) is 2.53. The third-order valence-corrected chi connectivity index (χ3v) is 4.01. The zero-order chi connectivity index (χ0) is 18.5. The molecule has 0 aliphatic carbocycles. The Morgan fingerprint density at radius 2 is 1.88 bits per heavy atom. The Morgan fingerprint density at radius 1 is 1.12 bits per heavy atom. The highest BCUT2D eigenvalue weighted by molar-refractivity contribution is 6.06. The quantitative estimate of drug-likeness (QED) is 0.262. The van der Waals surface area contributed by atoms with Crippen LogP contribution in [-0.2, 0) is 6.42 Å². The normalized spacial score (nSPS) is 11.0. The molecule has 0 bridgehead atoms. The van der Waals surface area contributed by atoms with Crippen LogP contribution in [0.15, 0.2) is 71.2 Å². The van der Waals surface area contributed by atoms with E-state index in [9.17, 15) is 14.9 Å². The van der Waals surface area contributed by atoms with Crippen molar-refractivity contribution in [3.63, 3.8) is 0 Å². The molecule has 1 aromatic heterocycles. The number of rotatable bonds is 6. The van der Waals surface area contributed by atoms with Crippen LogP contribution in [0, 0.1) is 10.1 Å².